The molecule has 6 nitrogen and oxygen atoms in total. The topological polar surface area (TPSA) is 66.9 Å². The van der Waals surface area contributed by atoms with Gasteiger partial charge in [0.25, 0.3) is 5.91 Å². The third-order valence-corrected chi connectivity index (χ3v) is 5.57. The monoisotopic (exact) mass is 372 g/mol. The highest BCUT2D eigenvalue weighted by Crippen LogP contribution is 2.25. The summed E-state index contributed by atoms with van der Waals surface area (Å²) in [5.74, 6) is -0.552. The summed E-state index contributed by atoms with van der Waals surface area (Å²) in [5.41, 5.74) is 1.17. The molecule has 0 radical (unpaired) electrons. The molecule has 2 saturated heterocycles. The molecule has 0 N–H and O–H groups in total. The molecule has 0 aliphatic carbocycles. The van der Waals surface area contributed by atoms with Gasteiger partial charge >= 0.3 is 5.97 Å². The molecule has 1 aromatic carbocycles. The van der Waals surface area contributed by atoms with Crippen LogP contribution in [0.1, 0.15) is 63.2 Å². The molecule has 0 bridgehead atoms. The van der Waals surface area contributed by atoms with E-state index < -0.39 is 12.1 Å². The standard InChI is InChI=1S/C21H28N2O4/c1-14-6-4-7-15(2)23(14)20(25)16(3)27-21(26)17-9-11-18(12-10-17)22-13-5-8-19(22)24/h9-12,14-16H,4-8,13H2,1-3H3/t14-,15-,16-/m1/s1. The molecule has 2 heterocycles. The molecule has 0 spiro atoms. The zero-order valence-electron chi connectivity index (χ0n) is 16.3. The number of rotatable bonds is 4. The lowest BCUT2D eigenvalue weighted by Gasteiger charge is -2.40. The number of benzene rings is 1. The first-order chi connectivity index (χ1) is 12.9. The summed E-state index contributed by atoms with van der Waals surface area (Å²) in [7, 11) is 0. The Labute approximate surface area is 160 Å². The summed E-state index contributed by atoms with van der Waals surface area (Å²) < 4.78 is 5.42. The van der Waals surface area contributed by atoms with Gasteiger partial charge in [-0.05, 0) is 70.7 Å². The lowest BCUT2D eigenvalue weighted by atomic mass is 9.97. The Morgan fingerprint density at radius 2 is 1.70 bits per heavy atom. The van der Waals surface area contributed by atoms with Crippen LogP contribution in [0.25, 0.3) is 0 Å². The first-order valence-electron chi connectivity index (χ1n) is 9.82. The average molecular weight is 372 g/mol. The van der Waals surface area contributed by atoms with Crippen LogP contribution in [0, 0.1) is 0 Å². The van der Waals surface area contributed by atoms with Gasteiger partial charge in [0.15, 0.2) is 6.10 Å². The highest BCUT2D eigenvalue weighted by molar-refractivity contribution is 5.96. The van der Waals surface area contributed by atoms with Crippen LogP contribution in [0.15, 0.2) is 24.3 Å². The molecule has 3 atom stereocenters. The third-order valence-electron chi connectivity index (χ3n) is 5.57. The first-order valence-corrected chi connectivity index (χ1v) is 9.82. The van der Waals surface area contributed by atoms with E-state index in [0.29, 0.717) is 18.5 Å². The van der Waals surface area contributed by atoms with Crippen LogP contribution >= 0.6 is 0 Å². The second-order valence-electron chi connectivity index (χ2n) is 7.62. The van der Waals surface area contributed by atoms with Crippen molar-refractivity contribution in [3.05, 3.63) is 29.8 Å². The zero-order valence-corrected chi connectivity index (χ0v) is 16.3. The number of esters is 1. The molecule has 1 aromatic rings. The second-order valence-corrected chi connectivity index (χ2v) is 7.62. The van der Waals surface area contributed by atoms with Gasteiger partial charge in [-0.15, -0.1) is 0 Å². The van der Waals surface area contributed by atoms with Gasteiger partial charge in [-0.1, -0.05) is 0 Å². The third kappa shape index (κ3) is 4.15. The summed E-state index contributed by atoms with van der Waals surface area (Å²) in [6, 6.07) is 7.13. The highest BCUT2D eigenvalue weighted by atomic mass is 16.5. The Kier molecular flexibility index (Phi) is 5.82. The fourth-order valence-electron chi connectivity index (χ4n) is 4.04. The van der Waals surface area contributed by atoms with E-state index >= 15 is 0 Å². The van der Waals surface area contributed by atoms with E-state index in [1.165, 1.54) is 0 Å². The number of nitrogens with zero attached hydrogens (tertiary/aromatic N) is 2. The minimum Gasteiger partial charge on any atom is -0.449 e. The Morgan fingerprint density at radius 3 is 2.26 bits per heavy atom. The van der Waals surface area contributed by atoms with Crippen LogP contribution in [-0.4, -0.2) is 47.4 Å². The number of amides is 2. The number of carbonyl (C=O) groups is 3. The fourth-order valence-corrected chi connectivity index (χ4v) is 4.04. The average Bonchev–Trinajstić information content (AvgIpc) is 3.07. The number of hydrogen-bond donors (Lipinski definition) is 0. The van der Waals surface area contributed by atoms with Gasteiger partial charge in [-0.25, -0.2) is 4.79 Å². The maximum Gasteiger partial charge on any atom is 0.338 e. The van der Waals surface area contributed by atoms with E-state index in [1.807, 2.05) is 18.7 Å². The number of anilines is 1. The summed E-state index contributed by atoms with van der Waals surface area (Å²) in [4.78, 5) is 40.6. The normalized spacial score (nSPS) is 24.0. The van der Waals surface area contributed by atoms with Gasteiger partial charge in [0.2, 0.25) is 5.91 Å². The smallest absolute Gasteiger partial charge is 0.338 e. The summed E-state index contributed by atoms with van der Waals surface area (Å²) in [6.45, 7) is 6.42. The van der Waals surface area contributed by atoms with Crippen molar-refractivity contribution in [3.63, 3.8) is 0 Å². The lowest BCUT2D eigenvalue weighted by Crippen LogP contribution is -2.51. The molecule has 2 amide bonds. The molecule has 2 aliphatic rings. The van der Waals surface area contributed by atoms with Crippen LogP contribution in [0.4, 0.5) is 5.69 Å². The Morgan fingerprint density at radius 1 is 1.07 bits per heavy atom. The quantitative estimate of drug-likeness (QED) is 0.762. The molecular weight excluding hydrogens is 344 g/mol. The van der Waals surface area contributed by atoms with Gasteiger partial charge in [0.05, 0.1) is 5.56 Å². The fraction of sp³-hybridized carbons (Fsp3) is 0.571. The van der Waals surface area contributed by atoms with Crippen LogP contribution in [-0.2, 0) is 14.3 Å². The van der Waals surface area contributed by atoms with E-state index in [4.69, 9.17) is 4.74 Å². The van der Waals surface area contributed by atoms with Gasteiger partial charge in [-0.3, -0.25) is 9.59 Å². The number of likely N-dealkylation sites (tertiary alicyclic amines) is 1. The zero-order chi connectivity index (χ0) is 19.6. The largest absolute Gasteiger partial charge is 0.449 e. The SMILES string of the molecule is C[C@@H]1CCC[C@@H](C)N1C(=O)[C@@H](C)OC(=O)c1ccc(N2CCCC2=O)cc1. The molecule has 0 unspecified atom stereocenters. The van der Waals surface area contributed by atoms with Gasteiger partial charge in [-0.2, -0.15) is 0 Å². The van der Waals surface area contributed by atoms with Crippen molar-refractivity contribution in [2.45, 2.75) is 71.1 Å². The Bertz CT molecular complexity index is 705. The molecule has 27 heavy (non-hydrogen) atoms. The van der Waals surface area contributed by atoms with Crippen LogP contribution < -0.4 is 4.90 Å². The summed E-state index contributed by atoms with van der Waals surface area (Å²) >= 11 is 0. The number of ether oxygens (including phenoxy) is 1. The van der Waals surface area contributed by atoms with E-state index in [9.17, 15) is 14.4 Å². The van der Waals surface area contributed by atoms with Crippen molar-refractivity contribution in [1.82, 2.24) is 4.90 Å². The first kappa shape index (κ1) is 19.4. The molecule has 146 valence electrons. The van der Waals surface area contributed by atoms with Crippen molar-refractivity contribution in [2.24, 2.45) is 0 Å². The predicted molar refractivity (Wildman–Crippen MR) is 103 cm³/mol. The van der Waals surface area contributed by atoms with Crippen LogP contribution in [0.5, 0.6) is 0 Å². The van der Waals surface area contributed by atoms with Crippen LogP contribution in [0.2, 0.25) is 0 Å². The maximum atomic E-state index is 12.8. The van der Waals surface area contributed by atoms with Crippen molar-refractivity contribution < 1.29 is 19.1 Å². The minimum atomic E-state index is -0.819. The van der Waals surface area contributed by atoms with E-state index in [1.54, 1.807) is 36.1 Å². The van der Waals surface area contributed by atoms with Crippen molar-refractivity contribution in [1.29, 1.82) is 0 Å². The second kappa shape index (κ2) is 8.11. The lowest BCUT2D eigenvalue weighted by molar-refractivity contribution is -0.146. The van der Waals surface area contributed by atoms with Gasteiger partial charge in [0.1, 0.15) is 0 Å². The molecule has 0 saturated carbocycles. The van der Waals surface area contributed by atoms with Crippen molar-refractivity contribution in [3.8, 4) is 0 Å². The molecule has 2 fully saturated rings. The number of piperidine rings is 1. The molecule has 0 aromatic heterocycles. The molecule has 2 aliphatic heterocycles. The predicted octanol–water partition coefficient (Wildman–Crippen LogP) is 3.15. The van der Waals surface area contributed by atoms with Gasteiger partial charge < -0.3 is 14.5 Å². The molecule has 6 heteroatoms. The molecule has 3 rings (SSSR count). The highest BCUT2D eigenvalue weighted by Gasteiger charge is 2.33. The van der Waals surface area contributed by atoms with Gasteiger partial charge in [0, 0.05) is 30.7 Å². The summed E-state index contributed by atoms with van der Waals surface area (Å²) in [6.07, 6.45) is 3.68. The van der Waals surface area contributed by atoms with Crippen LogP contribution in [0.3, 0.4) is 0 Å². The number of hydrogen-bond acceptors (Lipinski definition) is 4. The Hall–Kier alpha value is -2.37. The van der Waals surface area contributed by atoms with E-state index in [0.717, 1.165) is 31.4 Å². The van der Waals surface area contributed by atoms with E-state index in [2.05, 4.69) is 0 Å². The molecular formula is C21H28N2O4. The van der Waals surface area contributed by atoms with Crippen molar-refractivity contribution in [2.75, 3.05) is 11.4 Å². The maximum absolute atomic E-state index is 12.8. The van der Waals surface area contributed by atoms with Crippen molar-refractivity contribution >= 4 is 23.5 Å². The Balaban J connectivity index is 1.62. The summed E-state index contributed by atoms with van der Waals surface area (Å²) in [5, 5.41) is 0. The van der Waals surface area contributed by atoms with E-state index in [-0.39, 0.29) is 23.9 Å². The minimum absolute atomic E-state index is 0.106. The number of carbonyl (C=O) groups excluding carboxylic acids is 3.